The van der Waals surface area contributed by atoms with Gasteiger partial charge in [0.25, 0.3) is 11.2 Å². The van der Waals surface area contributed by atoms with E-state index in [0.717, 1.165) is 15.8 Å². The van der Waals surface area contributed by atoms with E-state index in [1.54, 1.807) is 6.08 Å². The number of nitrogens with zero attached hydrogens (tertiary/aromatic N) is 2. The highest BCUT2D eigenvalue weighted by Gasteiger charge is 2.14. The molecule has 7 heteroatoms. The van der Waals surface area contributed by atoms with Gasteiger partial charge in [0.2, 0.25) is 0 Å². The van der Waals surface area contributed by atoms with Crippen molar-refractivity contribution >= 4 is 29.9 Å². The number of non-ortho nitro benzene ring substituents is 1. The van der Waals surface area contributed by atoms with E-state index in [1.807, 2.05) is 31.2 Å². The Morgan fingerprint density at radius 2 is 1.92 bits per heavy atom. The smallest absolute Gasteiger partial charge is 0.279 e. The van der Waals surface area contributed by atoms with Crippen molar-refractivity contribution in [3.63, 3.8) is 0 Å². The molecule has 0 aliphatic rings. The van der Waals surface area contributed by atoms with E-state index in [2.05, 4.69) is 11.7 Å². The summed E-state index contributed by atoms with van der Waals surface area (Å²) in [5.74, 6) is 0. The molecular formula is C18H14ClN3O3. The number of halogens is 1. The maximum Gasteiger partial charge on any atom is 0.279 e. The number of hydrogen-bond donors (Lipinski definition) is 1. The van der Waals surface area contributed by atoms with Crippen LogP contribution in [0.15, 0.2) is 47.3 Å². The van der Waals surface area contributed by atoms with E-state index in [9.17, 15) is 14.9 Å². The highest BCUT2D eigenvalue weighted by Crippen LogP contribution is 2.23. The van der Waals surface area contributed by atoms with E-state index < -0.39 is 4.92 Å². The van der Waals surface area contributed by atoms with E-state index in [0.29, 0.717) is 10.6 Å². The fraction of sp³-hybridized carbons (Fsp3) is 0.0556. The molecule has 2 aromatic carbocycles. The molecule has 25 heavy (non-hydrogen) atoms. The summed E-state index contributed by atoms with van der Waals surface area (Å²) >= 11 is 6.11. The van der Waals surface area contributed by atoms with Gasteiger partial charge in [-0.05, 0) is 24.6 Å². The van der Waals surface area contributed by atoms with Crippen molar-refractivity contribution in [1.29, 1.82) is 0 Å². The number of nitro groups is 1. The highest BCUT2D eigenvalue weighted by atomic mass is 35.5. The molecule has 0 amide bonds. The summed E-state index contributed by atoms with van der Waals surface area (Å²) in [6.07, 6.45) is 1.71. The van der Waals surface area contributed by atoms with Crippen LogP contribution in [0.25, 0.3) is 18.3 Å². The molecule has 0 unspecified atom stereocenters. The van der Waals surface area contributed by atoms with Crippen LogP contribution in [0, 0.1) is 17.0 Å². The number of benzene rings is 2. The topological polar surface area (TPSA) is 80.9 Å². The first-order valence-corrected chi connectivity index (χ1v) is 7.77. The molecule has 3 aromatic rings. The van der Waals surface area contributed by atoms with Gasteiger partial charge in [0.1, 0.15) is 0 Å². The van der Waals surface area contributed by atoms with Gasteiger partial charge in [-0.2, -0.15) is 0 Å². The largest absolute Gasteiger partial charge is 0.291 e. The average molecular weight is 356 g/mol. The molecule has 0 saturated carbocycles. The summed E-state index contributed by atoms with van der Waals surface area (Å²) in [6, 6.07) is 11.6. The van der Waals surface area contributed by atoms with E-state index in [-0.39, 0.29) is 22.0 Å². The maximum absolute atomic E-state index is 12.7. The molecule has 0 aliphatic heterocycles. The van der Waals surface area contributed by atoms with Gasteiger partial charge in [0.05, 0.1) is 26.2 Å². The maximum atomic E-state index is 12.7. The van der Waals surface area contributed by atoms with Gasteiger partial charge in [-0.3, -0.25) is 20.0 Å². The number of nitrogens with one attached hydrogen (secondary N) is 1. The summed E-state index contributed by atoms with van der Waals surface area (Å²) in [7, 11) is 0. The Balaban J connectivity index is 2.20. The molecule has 1 N–H and O–H groups in total. The van der Waals surface area contributed by atoms with Crippen LogP contribution >= 0.6 is 11.6 Å². The predicted octanol–water partition coefficient (Wildman–Crippen LogP) is 2.27. The molecule has 0 spiro atoms. The molecular weight excluding hydrogens is 342 g/mol. The van der Waals surface area contributed by atoms with Crippen LogP contribution in [0.2, 0.25) is 5.02 Å². The summed E-state index contributed by atoms with van der Waals surface area (Å²) in [5.41, 5.74) is 1.63. The van der Waals surface area contributed by atoms with Gasteiger partial charge in [0, 0.05) is 12.1 Å². The highest BCUT2D eigenvalue weighted by molar-refractivity contribution is 6.32. The van der Waals surface area contributed by atoms with Gasteiger partial charge in [-0.1, -0.05) is 48.0 Å². The Labute approximate surface area is 147 Å². The van der Waals surface area contributed by atoms with Gasteiger partial charge in [-0.15, -0.1) is 0 Å². The second-order valence-electron chi connectivity index (χ2n) is 5.59. The Hall–Kier alpha value is -3.12. The fourth-order valence-corrected chi connectivity index (χ4v) is 2.63. The molecule has 0 radical (unpaired) electrons. The van der Waals surface area contributed by atoms with Crippen molar-refractivity contribution in [3.8, 4) is 5.69 Å². The first-order valence-electron chi connectivity index (χ1n) is 7.39. The summed E-state index contributed by atoms with van der Waals surface area (Å²) in [6.45, 7) is 5.82. The molecule has 6 nitrogen and oxygen atoms in total. The van der Waals surface area contributed by atoms with E-state index in [1.165, 1.54) is 18.2 Å². The first-order chi connectivity index (χ1) is 11.9. The van der Waals surface area contributed by atoms with Crippen LogP contribution in [0.4, 0.5) is 5.69 Å². The number of aryl methyl sites for hydroxylation is 1. The van der Waals surface area contributed by atoms with Crippen molar-refractivity contribution < 1.29 is 4.92 Å². The van der Waals surface area contributed by atoms with Gasteiger partial charge >= 0.3 is 0 Å². The molecule has 0 fully saturated rings. The first kappa shape index (κ1) is 16.7. The Morgan fingerprint density at radius 3 is 2.56 bits per heavy atom. The molecule has 0 aliphatic carbocycles. The van der Waals surface area contributed by atoms with Gasteiger partial charge in [0.15, 0.2) is 0 Å². The summed E-state index contributed by atoms with van der Waals surface area (Å²) in [4.78, 5) is 23.2. The van der Waals surface area contributed by atoms with Gasteiger partial charge < -0.3 is 0 Å². The third-order valence-corrected chi connectivity index (χ3v) is 4.09. The van der Waals surface area contributed by atoms with Crippen LogP contribution in [0.5, 0.6) is 0 Å². The predicted molar refractivity (Wildman–Crippen MR) is 97.6 cm³/mol. The number of aromatic nitrogens is 2. The fourth-order valence-electron chi connectivity index (χ4n) is 2.43. The van der Waals surface area contributed by atoms with Crippen LogP contribution < -0.4 is 16.1 Å². The molecule has 0 bridgehead atoms. The van der Waals surface area contributed by atoms with E-state index >= 15 is 0 Å². The van der Waals surface area contributed by atoms with Crippen LogP contribution in [0.1, 0.15) is 11.1 Å². The van der Waals surface area contributed by atoms with E-state index in [4.69, 9.17) is 11.6 Å². The zero-order valence-electron chi connectivity index (χ0n) is 13.3. The van der Waals surface area contributed by atoms with Crippen molar-refractivity contribution in [2.75, 3.05) is 0 Å². The normalized spacial score (nSPS) is 11.7. The van der Waals surface area contributed by atoms with Crippen LogP contribution in [0.3, 0.4) is 0 Å². The third-order valence-electron chi connectivity index (χ3n) is 3.78. The lowest BCUT2D eigenvalue weighted by Gasteiger charge is -2.03. The lowest BCUT2D eigenvalue weighted by Crippen LogP contribution is -2.34. The van der Waals surface area contributed by atoms with Crippen LogP contribution in [-0.4, -0.2) is 14.7 Å². The lowest BCUT2D eigenvalue weighted by atomic mass is 10.1. The van der Waals surface area contributed by atoms with Crippen LogP contribution in [-0.2, 0) is 0 Å². The summed E-state index contributed by atoms with van der Waals surface area (Å²) in [5, 5.41) is 14.8. The molecule has 0 atom stereocenters. The van der Waals surface area contributed by atoms with Gasteiger partial charge in [-0.25, -0.2) is 4.68 Å². The molecule has 0 saturated heterocycles. The quantitative estimate of drug-likeness (QED) is 0.578. The van der Waals surface area contributed by atoms with Crippen molar-refractivity contribution in [1.82, 2.24) is 9.78 Å². The lowest BCUT2D eigenvalue weighted by molar-refractivity contribution is -0.384. The minimum absolute atomic E-state index is 0.157. The zero-order valence-corrected chi connectivity index (χ0v) is 14.1. The average Bonchev–Trinajstić information content (AvgIpc) is 2.85. The Bertz CT molecular complexity index is 1130. The number of H-pyrrole nitrogens is 1. The second-order valence-corrected chi connectivity index (χ2v) is 6.00. The number of nitro benzene ring substituents is 1. The Kier molecular flexibility index (Phi) is 4.29. The minimum atomic E-state index is -0.543. The zero-order chi connectivity index (χ0) is 18.1. The van der Waals surface area contributed by atoms with Crippen molar-refractivity contribution in [2.45, 2.75) is 6.92 Å². The molecule has 1 aromatic heterocycles. The minimum Gasteiger partial charge on any atom is -0.291 e. The molecule has 1 heterocycles. The third kappa shape index (κ3) is 3.25. The molecule has 126 valence electrons. The number of aromatic amines is 1. The summed E-state index contributed by atoms with van der Waals surface area (Å²) < 4.78 is 1.16. The number of hydrogen-bond acceptors (Lipinski definition) is 3. The second kappa shape index (κ2) is 6.41. The SMILES string of the molecule is C=c1[nH]n(-c2cc([N+](=O)[O-])ccc2Cl)c(=O)/c1=C\c1ccc(C)cc1. The number of rotatable bonds is 3. The monoisotopic (exact) mass is 355 g/mol. The molecule has 3 rings (SSSR count). The van der Waals surface area contributed by atoms with Crippen molar-refractivity contribution in [3.05, 3.63) is 89.7 Å². The Morgan fingerprint density at radius 1 is 1.24 bits per heavy atom. The standard InChI is InChI=1S/C18H14ClN3O3/c1-11-3-5-13(6-4-11)9-15-12(2)20-21(18(15)23)17-10-14(22(24)25)7-8-16(17)19/h3-10,20H,2H2,1H3/b15-9-. The van der Waals surface area contributed by atoms with Crippen molar-refractivity contribution in [2.24, 2.45) is 0 Å².